The van der Waals surface area contributed by atoms with Gasteiger partial charge in [-0.1, -0.05) is 6.42 Å². The van der Waals surface area contributed by atoms with Crippen LogP contribution in [0, 0.1) is 0 Å². The molecule has 0 spiro atoms. The minimum absolute atomic E-state index is 0.197. The number of carbonyl (C=O) groups is 1. The molecule has 5 heteroatoms. The van der Waals surface area contributed by atoms with E-state index in [1.54, 1.807) is 18.2 Å². The van der Waals surface area contributed by atoms with Gasteiger partial charge in [0.05, 0.1) is 0 Å². The van der Waals surface area contributed by atoms with Crippen LogP contribution in [-0.4, -0.2) is 23.5 Å². The lowest BCUT2D eigenvalue weighted by Crippen LogP contribution is -2.46. The van der Waals surface area contributed by atoms with Gasteiger partial charge in [-0.2, -0.15) is 0 Å². The lowest BCUT2D eigenvalue weighted by molar-refractivity contribution is -0.158. The predicted molar refractivity (Wildman–Crippen MR) is 66.6 cm³/mol. The zero-order chi connectivity index (χ0) is 13.3. The summed E-state index contributed by atoms with van der Waals surface area (Å²) < 4.78 is 16.3. The molecule has 1 saturated carbocycles. The smallest absolute Gasteiger partial charge is 0.348 e. The average Bonchev–Trinajstić information content (AvgIpc) is 2.87. The first-order chi connectivity index (χ1) is 9.20. The summed E-state index contributed by atoms with van der Waals surface area (Å²) in [6.07, 6.45) is 3.95. The van der Waals surface area contributed by atoms with Crippen LogP contribution in [0.15, 0.2) is 18.2 Å². The highest BCUT2D eigenvalue weighted by molar-refractivity contribution is 5.78. The molecule has 1 aromatic rings. The minimum atomic E-state index is -1.09. The van der Waals surface area contributed by atoms with Gasteiger partial charge in [-0.25, -0.2) is 4.79 Å². The molecule has 102 valence electrons. The number of fused-ring (bicyclic) bond motifs is 1. The number of hydrogen-bond donors (Lipinski definition) is 1. The Kier molecular flexibility index (Phi) is 2.97. The third kappa shape index (κ3) is 2.20. The van der Waals surface area contributed by atoms with Gasteiger partial charge in [0.1, 0.15) is 5.75 Å². The van der Waals surface area contributed by atoms with Crippen molar-refractivity contribution in [3.05, 3.63) is 18.2 Å². The molecule has 1 N–H and O–H groups in total. The van der Waals surface area contributed by atoms with Crippen molar-refractivity contribution in [3.63, 3.8) is 0 Å². The summed E-state index contributed by atoms with van der Waals surface area (Å²) in [6.45, 7) is 0.197. The van der Waals surface area contributed by atoms with E-state index in [0.717, 1.165) is 19.3 Å². The predicted octanol–water partition coefficient (Wildman–Crippen LogP) is 2.58. The Balaban J connectivity index is 1.84. The summed E-state index contributed by atoms with van der Waals surface area (Å²) in [5, 5.41) is 9.46. The summed E-state index contributed by atoms with van der Waals surface area (Å²) in [5.41, 5.74) is -1.09. The van der Waals surface area contributed by atoms with Crippen LogP contribution >= 0.6 is 0 Å². The molecule has 0 bridgehead atoms. The third-order valence-corrected chi connectivity index (χ3v) is 3.71. The van der Waals surface area contributed by atoms with Crippen LogP contribution < -0.4 is 14.2 Å². The van der Waals surface area contributed by atoms with E-state index in [2.05, 4.69) is 0 Å². The van der Waals surface area contributed by atoms with E-state index in [0.29, 0.717) is 30.1 Å². The third-order valence-electron chi connectivity index (χ3n) is 3.71. The maximum atomic E-state index is 11.5. The van der Waals surface area contributed by atoms with Crippen molar-refractivity contribution in [1.82, 2.24) is 0 Å². The van der Waals surface area contributed by atoms with Crippen LogP contribution in [0.1, 0.15) is 32.1 Å². The minimum Gasteiger partial charge on any atom is -0.478 e. The van der Waals surface area contributed by atoms with Crippen LogP contribution in [0.5, 0.6) is 17.2 Å². The summed E-state index contributed by atoms with van der Waals surface area (Å²) in [4.78, 5) is 11.5. The topological polar surface area (TPSA) is 65.0 Å². The Morgan fingerprint density at radius 1 is 1.16 bits per heavy atom. The summed E-state index contributed by atoms with van der Waals surface area (Å²) in [7, 11) is 0. The van der Waals surface area contributed by atoms with Crippen molar-refractivity contribution in [2.24, 2.45) is 0 Å². The second kappa shape index (κ2) is 4.64. The number of ether oxygens (including phenoxy) is 3. The van der Waals surface area contributed by atoms with Crippen LogP contribution in [0.25, 0.3) is 0 Å². The van der Waals surface area contributed by atoms with Gasteiger partial charge in [0.15, 0.2) is 11.5 Å². The molecule has 0 saturated heterocycles. The Morgan fingerprint density at radius 3 is 2.63 bits per heavy atom. The molecule has 19 heavy (non-hydrogen) atoms. The quantitative estimate of drug-likeness (QED) is 0.909. The van der Waals surface area contributed by atoms with Gasteiger partial charge >= 0.3 is 5.97 Å². The molecule has 2 aliphatic rings. The standard InChI is InChI=1S/C14H16O5/c15-13(16)14(6-2-1-3-7-14)19-10-4-5-11-12(8-10)18-9-17-11/h4-5,8H,1-3,6-7,9H2,(H,15,16). The maximum Gasteiger partial charge on any atom is 0.348 e. The second-order valence-electron chi connectivity index (χ2n) is 4.98. The summed E-state index contributed by atoms with van der Waals surface area (Å²) in [5.74, 6) is 0.910. The summed E-state index contributed by atoms with van der Waals surface area (Å²) in [6, 6.07) is 5.17. The molecule has 1 fully saturated rings. The molecule has 0 amide bonds. The second-order valence-corrected chi connectivity index (χ2v) is 4.98. The molecular weight excluding hydrogens is 248 g/mol. The van der Waals surface area contributed by atoms with Crippen molar-refractivity contribution >= 4 is 5.97 Å². The van der Waals surface area contributed by atoms with E-state index in [4.69, 9.17) is 14.2 Å². The number of aliphatic carboxylic acids is 1. The van der Waals surface area contributed by atoms with Crippen molar-refractivity contribution in [2.75, 3.05) is 6.79 Å². The number of benzene rings is 1. The van der Waals surface area contributed by atoms with Crippen LogP contribution in [0.3, 0.4) is 0 Å². The van der Waals surface area contributed by atoms with Gasteiger partial charge in [-0.3, -0.25) is 0 Å². The van der Waals surface area contributed by atoms with Crippen LogP contribution in [-0.2, 0) is 4.79 Å². The Labute approximate surface area is 111 Å². The fourth-order valence-corrected chi connectivity index (χ4v) is 2.65. The van der Waals surface area contributed by atoms with E-state index in [-0.39, 0.29) is 6.79 Å². The van der Waals surface area contributed by atoms with Gasteiger partial charge in [0.2, 0.25) is 12.4 Å². The van der Waals surface area contributed by atoms with E-state index in [1.807, 2.05) is 0 Å². The highest BCUT2D eigenvalue weighted by Crippen LogP contribution is 2.39. The van der Waals surface area contributed by atoms with Crippen molar-refractivity contribution in [3.8, 4) is 17.2 Å². The van der Waals surface area contributed by atoms with Gasteiger partial charge in [0.25, 0.3) is 0 Å². The number of carboxylic acids is 1. The van der Waals surface area contributed by atoms with E-state index in [9.17, 15) is 9.90 Å². The molecule has 0 unspecified atom stereocenters. The lowest BCUT2D eigenvalue weighted by Gasteiger charge is -2.33. The van der Waals surface area contributed by atoms with Crippen molar-refractivity contribution in [1.29, 1.82) is 0 Å². The Hall–Kier alpha value is -1.91. The van der Waals surface area contributed by atoms with E-state index in [1.165, 1.54) is 0 Å². The molecule has 3 rings (SSSR count). The Bertz CT molecular complexity index is 491. The molecule has 1 aromatic carbocycles. The normalized spacial score (nSPS) is 20.0. The first kappa shape index (κ1) is 12.1. The van der Waals surface area contributed by atoms with E-state index >= 15 is 0 Å². The fraction of sp³-hybridized carbons (Fsp3) is 0.500. The average molecular weight is 264 g/mol. The summed E-state index contributed by atoms with van der Waals surface area (Å²) >= 11 is 0. The fourth-order valence-electron chi connectivity index (χ4n) is 2.65. The van der Waals surface area contributed by atoms with E-state index < -0.39 is 11.6 Å². The molecule has 1 aliphatic carbocycles. The molecule has 0 atom stereocenters. The molecule has 5 nitrogen and oxygen atoms in total. The van der Waals surface area contributed by atoms with Gasteiger partial charge in [-0.05, 0) is 37.8 Å². The molecule has 1 aliphatic heterocycles. The Morgan fingerprint density at radius 2 is 1.89 bits per heavy atom. The van der Waals surface area contributed by atoms with Crippen molar-refractivity contribution in [2.45, 2.75) is 37.7 Å². The largest absolute Gasteiger partial charge is 0.478 e. The molecular formula is C14H16O5. The monoisotopic (exact) mass is 264 g/mol. The molecule has 0 aromatic heterocycles. The highest BCUT2D eigenvalue weighted by atomic mass is 16.7. The van der Waals surface area contributed by atoms with Gasteiger partial charge < -0.3 is 19.3 Å². The zero-order valence-electron chi connectivity index (χ0n) is 10.6. The maximum absolute atomic E-state index is 11.5. The first-order valence-corrected chi connectivity index (χ1v) is 6.52. The first-order valence-electron chi connectivity index (χ1n) is 6.52. The lowest BCUT2D eigenvalue weighted by atomic mass is 9.84. The van der Waals surface area contributed by atoms with Gasteiger partial charge in [-0.15, -0.1) is 0 Å². The zero-order valence-corrected chi connectivity index (χ0v) is 10.6. The molecule has 0 radical (unpaired) electrons. The SMILES string of the molecule is O=C(O)C1(Oc2ccc3c(c2)OCO3)CCCCC1. The van der Waals surface area contributed by atoms with Crippen LogP contribution in [0.2, 0.25) is 0 Å². The van der Waals surface area contributed by atoms with Crippen LogP contribution in [0.4, 0.5) is 0 Å². The highest BCUT2D eigenvalue weighted by Gasteiger charge is 2.42. The van der Waals surface area contributed by atoms with Crippen molar-refractivity contribution < 1.29 is 24.1 Å². The molecule has 1 heterocycles. The van der Waals surface area contributed by atoms with Gasteiger partial charge in [0, 0.05) is 6.07 Å². The number of hydrogen-bond acceptors (Lipinski definition) is 4. The number of rotatable bonds is 3. The number of carboxylic acid groups (broad SMARTS) is 1.